The largest absolute Gasteiger partial charge is 0.507 e. The molecule has 35 heavy (non-hydrogen) atoms. The molecule has 4 rings (SSSR count). The average Bonchev–Trinajstić information content (AvgIpc) is 3.10. The highest BCUT2D eigenvalue weighted by Gasteiger charge is 2.46. The van der Waals surface area contributed by atoms with Gasteiger partial charge in [0.1, 0.15) is 11.5 Å². The number of aliphatic hydroxyl groups excluding tert-OH is 1. The summed E-state index contributed by atoms with van der Waals surface area (Å²) in [5.74, 6) is -0.889. The number of ketones is 1. The highest BCUT2D eigenvalue weighted by molar-refractivity contribution is 6.46. The first-order chi connectivity index (χ1) is 16.8. The summed E-state index contributed by atoms with van der Waals surface area (Å²) in [5.41, 5.74) is 3.01. The van der Waals surface area contributed by atoms with Gasteiger partial charge in [-0.05, 0) is 53.8 Å². The number of benzene rings is 2. The molecule has 1 atom stereocenters. The summed E-state index contributed by atoms with van der Waals surface area (Å²) in [6.07, 6.45) is 3.31. The maximum Gasteiger partial charge on any atom is 0.295 e. The maximum absolute atomic E-state index is 13.3. The lowest BCUT2D eigenvalue weighted by Crippen LogP contribution is -2.29. The van der Waals surface area contributed by atoms with Crippen molar-refractivity contribution in [3.05, 3.63) is 99.8 Å². The van der Waals surface area contributed by atoms with Crippen molar-refractivity contribution in [3.8, 4) is 5.75 Å². The number of amides is 1. The molecule has 0 radical (unpaired) electrons. The standard InChI is InChI=1S/C28H27ClN2O4/c1-4-35-23-12-11-21(14-22(23)29)26(32)24-25(20-9-7-19(8-10-20)17(2)3)31(28(34)27(24)33)16-18-6-5-13-30-15-18/h5-15,17,25,32H,4,16H2,1-3H3/t25-/m0/s1. The van der Waals surface area contributed by atoms with Crippen LogP contribution in [0.5, 0.6) is 5.75 Å². The SMILES string of the molecule is CCOc1ccc(C(O)=C2C(=O)C(=O)N(Cc3cccnc3)[C@H]2c2ccc(C(C)C)cc2)cc1Cl. The molecule has 1 fully saturated rings. The van der Waals surface area contributed by atoms with Gasteiger partial charge in [-0.1, -0.05) is 55.8 Å². The number of carbonyl (C=O) groups excluding carboxylic acids is 2. The van der Waals surface area contributed by atoms with Crippen LogP contribution in [0.25, 0.3) is 5.76 Å². The molecule has 1 N–H and O–H groups in total. The van der Waals surface area contributed by atoms with Crippen molar-refractivity contribution in [2.75, 3.05) is 6.61 Å². The average molecular weight is 491 g/mol. The van der Waals surface area contributed by atoms with E-state index >= 15 is 0 Å². The zero-order valence-electron chi connectivity index (χ0n) is 19.9. The van der Waals surface area contributed by atoms with E-state index in [1.807, 2.05) is 37.3 Å². The number of ether oxygens (including phenoxy) is 1. The van der Waals surface area contributed by atoms with Gasteiger partial charge in [0.25, 0.3) is 11.7 Å². The van der Waals surface area contributed by atoms with Gasteiger partial charge in [-0.3, -0.25) is 14.6 Å². The number of hydrogen-bond donors (Lipinski definition) is 1. The van der Waals surface area contributed by atoms with E-state index in [0.717, 1.165) is 16.7 Å². The predicted molar refractivity (Wildman–Crippen MR) is 135 cm³/mol. The number of likely N-dealkylation sites (tertiary alicyclic amines) is 1. The Balaban J connectivity index is 1.84. The molecule has 6 nitrogen and oxygen atoms in total. The minimum Gasteiger partial charge on any atom is -0.507 e. The van der Waals surface area contributed by atoms with E-state index in [1.165, 1.54) is 11.0 Å². The van der Waals surface area contributed by atoms with Gasteiger partial charge in [0.2, 0.25) is 0 Å². The second kappa shape index (κ2) is 10.3. The van der Waals surface area contributed by atoms with E-state index in [1.54, 1.807) is 30.6 Å². The topological polar surface area (TPSA) is 79.7 Å². The summed E-state index contributed by atoms with van der Waals surface area (Å²) in [4.78, 5) is 32.0. The number of aliphatic hydroxyl groups is 1. The molecule has 0 spiro atoms. The molecule has 0 unspecified atom stereocenters. The number of rotatable bonds is 7. The molecule has 0 saturated carbocycles. The molecule has 180 valence electrons. The summed E-state index contributed by atoms with van der Waals surface area (Å²) in [6.45, 7) is 6.66. The molecule has 3 aromatic rings. The number of halogens is 1. The van der Waals surface area contributed by atoms with Crippen LogP contribution in [0.4, 0.5) is 0 Å². The fourth-order valence-corrected chi connectivity index (χ4v) is 4.45. The molecule has 0 bridgehead atoms. The van der Waals surface area contributed by atoms with Crippen LogP contribution in [0.1, 0.15) is 55.0 Å². The Morgan fingerprint density at radius 2 is 1.89 bits per heavy atom. The number of aromatic nitrogens is 1. The van der Waals surface area contributed by atoms with Gasteiger partial charge in [0.05, 0.1) is 23.2 Å². The fourth-order valence-electron chi connectivity index (χ4n) is 4.22. The Hall–Kier alpha value is -3.64. The van der Waals surface area contributed by atoms with Crippen LogP contribution >= 0.6 is 11.6 Å². The Morgan fingerprint density at radius 1 is 1.14 bits per heavy atom. The number of Topliss-reactive ketones (excluding diaryl/α,β-unsaturated/α-hetero) is 1. The van der Waals surface area contributed by atoms with Gasteiger partial charge in [-0.15, -0.1) is 0 Å². The lowest BCUT2D eigenvalue weighted by molar-refractivity contribution is -0.140. The molecular weight excluding hydrogens is 464 g/mol. The molecule has 0 aliphatic carbocycles. The summed E-state index contributed by atoms with van der Waals surface area (Å²) in [6, 6.07) is 15.4. The van der Waals surface area contributed by atoms with Crippen LogP contribution in [0.3, 0.4) is 0 Å². The molecule has 1 aromatic heterocycles. The normalized spacial score (nSPS) is 17.3. The van der Waals surface area contributed by atoms with Crippen molar-refractivity contribution >= 4 is 29.1 Å². The van der Waals surface area contributed by atoms with Gasteiger partial charge in [0, 0.05) is 24.5 Å². The summed E-state index contributed by atoms with van der Waals surface area (Å²) in [7, 11) is 0. The third-order valence-electron chi connectivity index (χ3n) is 6.04. The fraction of sp³-hybridized carbons (Fsp3) is 0.250. The molecule has 1 aliphatic rings. The highest BCUT2D eigenvalue weighted by Crippen LogP contribution is 2.41. The van der Waals surface area contributed by atoms with Gasteiger partial charge in [-0.2, -0.15) is 0 Å². The first-order valence-electron chi connectivity index (χ1n) is 11.5. The zero-order chi connectivity index (χ0) is 25.1. The third-order valence-corrected chi connectivity index (χ3v) is 6.34. The molecule has 7 heteroatoms. The quantitative estimate of drug-likeness (QED) is 0.254. The molecule has 2 heterocycles. The van der Waals surface area contributed by atoms with Crippen LogP contribution in [0.15, 0.2) is 72.6 Å². The number of pyridine rings is 1. The van der Waals surface area contributed by atoms with E-state index < -0.39 is 17.7 Å². The Kier molecular flexibility index (Phi) is 7.22. The second-order valence-electron chi connectivity index (χ2n) is 8.69. The lowest BCUT2D eigenvalue weighted by Gasteiger charge is -2.25. The monoisotopic (exact) mass is 490 g/mol. The van der Waals surface area contributed by atoms with E-state index in [-0.39, 0.29) is 17.9 Å². The van der Waals surface area contributed by atoms with Crippen LogP contribution in [-0.4, -0.2) is 33.3 Å². The third kappa shape index (κ3) is 4.93. The summed E-state index contributed by atoms with van der Waals surface area (Å²) in [5, 5.41) is 11.6. The Labute approximate surface area is 209 Å². The highest BCUT2D eigenvalue weighted by atomic mass is 35.5. The Morgan fingerprint density at radius 3 is 2.49 bits per heavy atom. The number of carbonyl (C=O) groups is 2. The zero-order valence-corrected chi connectivity index (χ0v) is 20.6. The Bertz CT molecular complexity index is 1270. The van der Waals surface area contributed by atoms with Crippen LogP contribution in [0.2, 0.25) is 5.02 Å². The minimum absolute atomic E-state index is 0.0245. The van der Waals surface area contributed by atoms with Crippen molar-refractivity contribution in [1.82, 2.24) is 9.88 Å². The maximum atomic E-state index is 13.3. The summed E-state index contributed by atoms with van der Waals surface area (Å²) < 4.78 is 5.47. The van der Waals surface area contributed by atoms with Crippen molar-refractivity contribution in [3.63, 3.8) is 0 Å². The van der Waals surface area contributed by atoms with E-state index in [9.17, 15) is 14.7 Å². The first kappa shape index (κ1) is 24.5. The van der Waals surface area contributed by atoms with Crippen LogP contribution < -0.4 is 4.74 Å². The molecule has 2 aromatic carbocycles. The summed E-state index contributed by atoms with van der Waals surface area (Å²) >= 11 is 6.33. The smallest absolute Gasteiger partial charge is 0.295 e. The lowest BCUT2D eigenvalue weighted by atomic mass is 9.93. The van der Waals surface area contributed by atoms with Gasteiger partial charge >= 0.3 is 0 Å². The van der Waals surface area contributed by atoms with E-state index in [2.05, 4.69) is 18.8 Å². The van der Waals surface area contributed by atoms with Crippen molar-refractivity contribution in [1.29, 1.82) is 0 Å². The first-order valence-corrected chi connectivity index (χ1v) is 11.9. The van der Waals surface area contributed by atoms with E-state index in [0.29, 0.717) is 28.9 Å². The predicted octanol–water partition coefficient (Wildman–Crippen LogP) is 5.88. The van der Waals surface area contributed by atoms with Gasteiger partial charge in [-0.25, -0.2) is 0 Å². The second-order valence-corrected chi connectivity index (χ2v) is 9.10. The number of nitrogens with zero attached hydrogens (tertiary/aromatic N) is 2. The van der Waals surface area contributed by atoms with Crippen LogP contribution in [-0.2, 0) is 16.1 Å². The van der Waals surface area contributed by atoms with Crippen molar-refractivity contribution < 1.29 is 19.4 Å². The number of hydrogen-bond acceptors (Lipinski definition) is 5. The van der Waals surface area contributed by atoms with E-state index in [4.69, 9.17) is 16.3 Å². The van der Waals surface area contributed by atoms with Crippen LogP contribution in [0, 0.1) is 0 Å². The van der Waals surface area contributed by atoms with Gasteiger partial charge < -0.3 is 14.7 Å². The van der Waals surface area contributed by atoms with Crippen molar-refractivity contribution in [2.45, 2.75) is 39.3 Å². The molecule has 1 aliphatic heterocycles. The van der Waals surface area contributed by atoms with Gasteiger partial charge in [0.15, 0.2) is 0 Å². The molecule has 1 amide bonds. The minimum atomic E-state index is -0.762. The van der Waals surface area contributed by atoms with Crippen molar-refractivity contribution in [2.24, 2.45) is 0 Å². The molecule has 1 saturated heterocycles. The molecular formula is C28H27ClN2O4.